The molecule has 0 aliphatic carbocycles. The van der Waals surface area contributed by atoms with Gasteiger partial charge in [-0.3, -0.25) is 14.0 Å². The predicted molar refractivity (Wildman–Crippen MR) is 111 cm³/mol. The van der Waals surface area contributed by atoms with Gasteiger partial charge in [0, 0.05) is 44.4 Å². The third-order valence-electron chi connectivity index (χ3n) is 5.46. The standard InChI is InChI=1S/C19H23N3O5S2/c1-28(24,25)13-12-20-8-10-21(11-9-20)18(23)14-22-16-6-2-4-15-5-3-7-17(19(15)16)29(22,26)27/h2-7H,8-14H2,1H3. The van der Waals surface area contributed by atoms with Crippen molar-refractivity contribution >= 4 is 42.2 Å². The van der Waals surface area contributed by atoms with E-state index in [4.69, 9.17) is 0 Å². The van der Waals surface area contributed by atoms with Crippen molar-refractivity contribution < 1.29 is 21.6 Å². The van der Waals surface area contributed by atoms with Crippen LogP contribution in [0.1, 0.15) is 0 Å². The number of anilines is 1. The van der Waals surface area contributed by atoms with Crippen molar-refractivity contribution in [3.05, 3.63) is 36.4 Å². The number of piperazine rings is 1. The van der Waals surface area contributed by atoms with Crippen molar-refractivity contribution in [1.29, 1.82) is 0 Å². The molecule has 0 bridgehead atoms. The molecule has 2 aromatic rings. The van der Waals surface area contributed by atoms with Gasteiger partial charge in [-0.1, -0.05) is 24.3 Å². The molecule has 2 heterocycles. The first-order valence-corrected chi connectivity index (χ1v) is 12.9. The first-order valence-electron chi connectivity index (χ1n) is 9.39. The molecule has 29 heavy (non-hydrogen) atoms. The smallest absolute Gasteiger partial charge is 0.265 e. The molecule has 2 aliphatic rings. The van der Waals surface area contributed by atoms with Crippen LogP contribution in [0.15, 0.2) is 41.3 Å². The summed E-state index contributed by atoms with van der Waals surface area (Å²) in [5, 5.41) is 1.49. The summed E-state index contributed by atoms with van der Waals surface area (Å²) in [7, 11) is -6.78. The summed E-state index contributed by atoms with van der Waals surface area (Å²) in [5.74, 6) is -0.156. The number of sulfonamides is 1. The van der Waals surface area contributed by atoms with Crippen molar-refractivity contribution in [3.8, 4) is 0 Å². The number of carbonyl (C=O) groups is 1. The maximum atomic E-state index is 13.0. The topological polar surface area (TPSA) is 95.1 Å². The Balaban J connectivity index is 1.46. The van der Waals surface area contributed by atoms with E-state index in [1.807, 2.05) is 17.0 Å². The van der Waals surface area contributed by atoms with Crippen LogP contribution in [0.5, 0.6) is 0 Å². The van der Waals surface area contributed by atoms with Crippen molar-refractivity contribution in [3.63, 3.8) is 0 Å². The van der Waals surface area contributed by atoms with E-state index in [1.54, 1.807) is 29.2 Å². The summed E-state index contributed by atoms with van der Waals surface area (Å²) >= 11 is 0. The number of amides is 1. The van der Waals surface area contributed by atoms with Gasteiger partial charge >= 0.3 is 0 Å². The van der Waals surface area contributed by atoms with E-state index in [2.05, 4.69) is 0 Å². The van der Waals surface area contributed by atoms with Crippen molar-refractivity contribution in [1.82, 2.24) is 9.80 Å². The first kappa shape index (κ1) is 20.1. The molecular weight excluding hydrogens is 414 g/mol. The lowest BCUT2D eigenvalue weighted by Crippen LogP contribution is -2.52. The van der Waals surface area contributed by atoms with Crippen LogP contribution in [0, 0.1) is 0 Å². The Kier molecular flexibility index (Phi) is 5.04. The highest BCUT2D eigenvalue weighted by Gasteiger charge is 2.37. The quantitative estimate of drug-likeness (QED) is 0.678. The van der Waals surface area contributed by atoms with Gasteiger partial charge in [-0.2, -0.15) is 0 Å². The molecule has 0 atom stereocenters. The van der Waals surface area contributed by atoms with E-state index in [1.165, 1.54) is 10.6 Å². The third-order valence-corrected chi connectivity index (χ3v) is 8.19. The molecule has 156 valence electrons. The van der Waals surface area contributed by atoms with Gasteiger partial charge < -0.3 is 4.90 Å². The average Bonchev–Trinajstić information content (AvgIpc) is 2.89. The predicted octanol–water partition coefficient (Wildman–Crippen LogP) is 0.537. The van der Waals surface area contributed by atoms with Crippen molar-refractivity contribution in [2.24, 2.45) is 0 Å². The monoisotopic (exact) mass is 437 g/mol. The lowest BCUT2D eigenvalue weighted by atomic mass is 10.1. The maximum Gasteiger partial charge on any atom is 0.265 e. The zero-order chi connectivity index (χ0) is 20.8. The summed E-state index contributed by atoms with van der Waals surface area (Å²) in [4.78, 5) is 16.7. The Morgan fingerprint density at radius 1 is 1.03 bits per heavy atom. The number of hydrogen-bond acceptors (Lipinski definition) is 6. The molecule has 8 nitrogen and oxygen atoms in total. The summed E-state index contributed by atoms with van der Waals surface area (Å²) in [6.07, 6.45) is 1.21. The molecule has 10 heteroatoms. The largest absolute Gasteiger partial charge is 0.339 e. The number of rotatable bonds is 5. The van der Waals surface area contributed by atoms with Crippen molar-refractivity contribution in [2.75, 3.05) is 55.6 Å². The second kappa shape index (κ2) is 7.26. The third kappa shape index (κ3) is 3.84. The van der Waals surface area contributed by atoms with Crippen LogP contribution < -0.4 is 4.31 Å². The highest BCUT2D eigenvalue weighted by molar-refractivity contribution is 7.93. The number of carbonyl (C=O) groups excluding carboxylic acids is 1. The van der Waals surface area contributed by atoms with Crippen LogP contribution in [-0.4, -0.2) is 83.8 Å². The number of benzene rings is 2. The minimum atomic E-state index is -3.76. The molecule has 1 saturated heterocycles. The van der Waals surface area contributed by atoms with E-state index in [9.17, 15) is 21.6 Å². The molecule has 1 fully saturated rings. The zero-order valence-corrected chi connectivity index (χ0v) is 17.7. The number of nitrogens with zero attached hydrogens (tertiary/aromatic N) is 3. The summed E-state index contributed by atoms with van der Waals surface area (Å²) in [6, 6.07) is 10.5. The van der Waals surface area contributed by atoms with E-state index in [0.29, 0.717) is 43.8 Å². The van der Waals surface area contributed by atoms with Gasteiger partial charge in [0.1, 0.15) is 16.4 Å². The number of hydrogen-bond donors (Lipinski definition) is 0. The van der Waals surface area contributed by atoms with Crippen LogP contribution in [0.4, 0.5) is 5.69 Å². The SMILES string of the molecule is CS(=O)(=O)CCN1CCN(C(=O)CN2c3cccc4cccc(c34)S2(=O)=O)CC1. The Morgan fingerprint density at radius 3 is 2.34 bits per heavy atom. The molecule has 2 aromatic carbocycles. The molecular formula is C19H23N3O5S2. The van der Waals surface area contributed by atoms with Gasteiger partial charge in [-0.05, 0) is 17.5 Å². The Labute approximate surface area is 170 Å². The molecule has 0 unspecified atom stereocenters. The van der Waals surface area contributed by atoms with E-state index >= 15 is 0 Å². The minimum Gasteiger partial charge on any atom is -0.339 e. The average molecular weight is 438 g/mol. The minimum absolute atomic E-state index is 0.0925. The van der Waals surface area contributed by atoms with Crippen molar-refractivity contribution in [2.45, 2.75) is 4.90 Å². The van der Waals surface area contributed by atoms with E-state index in [-0.39, 0.29) is 23.1 Å². The fourth-order valence-electron chi connectivity index (χ4n) is 3.87. The molecule has 0 radical (unpaired) electrons. The normalized spacial score (nSPS) is 19.1. The Bertz CT molecular complexity index is 1160. The van der Waals surface area contributed by atoms with Gasteiger partial charge in [-0.25, -0.2) is 16.8 Å². The lowest BCUT2D eigenvalue weighted by Gasteiger charge is -2.35. The van der Waals surface area contributed by atoms with Crippen LogP contribution in [0.2, 0.25) is 0 Å². The Hall–Kier alpha value is -2.17. The highest BCUT2D eigenvalue weighted by Crippen LogP contribution is 2.41. The van der Waals surface area contributed by atoms with Crippen LogP contribution in [0.3, 0.4) is 0 Å². The summed E-state index contributed by atoms with van der Waals surface area (Å²) < 4.78 is 49.8. The van der Waals surface area contributed by atoms with Gasteiger partial charge in [0.15, 0.2) is 0 Å². The molecule has 0 N–H and O–H groups in total. The maximum absolute atomic E-state index is 13.0. The highest BCUT2D eigenvalue weighted by atomic mass is 32.2. The fraction of sp³-hybridized carbons (Fsp3) is 0.421. The van der Waals surface area contributed by atoms with Gasteiger partial charge in [0.25, 0.3) is 10.0 Å². The molecule has 1 amide bonds. The Morgan fingerprint density at radius 2 is 1.69 bits per heavy atom. The van der Waals surface area contributed by atoms with Gasteiger partial charge in [0.2, 0.25) is 5.91 Å². The molecule has 4 rings (SSSR count). The number of sulfone groups is 1. The molecule has 0 spiro atoms. The summed E-state index contributed by atoms with van der Waals surface area (Å²) in [6.45, 7) is 2.26. The second-order valence-corrected chi connectivity index (χ2v) is 11.6. The fourth-order valence-corrected chi connectivity index (χ4v) is 6.12. The molecule has 0 saturated carbocycles. The van der Waals surface area contributed by atoms with Crippen LogP contribution >= 0.6 is 0 Å². The summed E-state index contributed by atoms with van der Waals surface area (Å²) in [5.41, 5.74) is 0.540. The zero-order valence-electron chi connectivity index (χ0n) is 16.1. The van der Waals surface area contributed by atoms with Gasteiger partial charge in [0.05, 0.1) is 16.3 Å². The van der Waals surface area contributed by atoms with E-state index in [0.717, 1.165) is 5.39 Å². The molecule has 2 aliphatic heterocycles. The van der Waals surface area contributed by atoms with Crippen LogP contribution in [0.25, 0.3) is 10.8 Å². The van der Waals surface area contributed by atoms with E-state index < -0.39 is 19.9 Å². The second-order valence-electron chi connectivity index (χ2n) is 7.50. The van der Waals surface area contributed by atoms with Gasteiger partial charge in [-0.15, -0.1) is 0 Å². The van der Waals surface area contributed by atoms with Crippen LogP contribution in [-0.2, 0) is 24.7 Å². The lowest BCUT2D eigenvalue weighted by molar-refractivity contribution is -0.131. The first-order chi connectivity index (χ1) is 13.7. The molecule has 0 aromatic heterocycles.